The molecule has 0 spiro atoms. The number of carbonyl (C=O) groups is 3. The molecule has 2 aliphatic heterocycles. The van der Waals surface area contributed by atoms with Crippen LogP contribution in [0.1, 0.15) is 12.8 Å². The SMILES string of the molecule is CN1C(=O)C(=O)N(CC2CCCN2)C1=O. The summed E-state index contributed by atoms with van der Waals surface area (Å²) in [6, 6.07) is -0.379. The maximum atomic E-state index is 11.5. The Morgan fingerprint density at radius 1 is 1.33 bits per heavy atom. The fourth-order valence-electron chi connectivity index (χ4n) is 1.91. The van der Waals surface area contributed by atoms with Crippen LogP contribution in [0.4, 0.5) is 4.79 Å². The summed E-state index contributed by atoms with van der Waals surface area (Å²) in [4.78, 5) is 36.0. The highest BCUT2D eigenvalue weighted by Crippen LogP contribution is 2.13. The van der Waals surface area contributed by atoms with Crippen molar-refractivity contribution in [2.75, 3.05) is 20.1 Å². The second kappa shape index (κ2) is 3.62. The van der Waals surface area contributed by atoms with Crippen molar-refractivity contribution in [1.82, 2.24) is 15.1 Å². The van der Waals surface area contributed by atoms with E-state index in [2.05, 4.69) is 5.32 Å². The van der Waals surface area contributed by atoms with Gasteiger partial charge in [-0.05, 0) is 19.4 Å². The lowest BCUT2D eigenvalue weighted by Crippen LogP contribution is -2.41. The number of hydrogen-bond acceptors (Lipinski definition) is 4. The van der Waals surface area contributed by atoms with Crippen LogP contribution in [0.15, 0.2) is 0 Å². The summed E-state index contributed by atoms with van der Waals surface area (Å²) in [6.45, 7) is 1.21. The first-order valence-corrected chi connectivity index (χ1v) is 4.98. The molecule has 0 aliphatic carbocycles. The Kier molecular flexibility index (Phi) is 2.44. The summed E-state index contributed by atoms with van der Waals surface area (Å²) >= 11 is 0. The van der Waals surface area contributed by atoms with Gasteiger partial charge in [0.2, 0.25) is 0 Å². The van der Waals surface area contributed by atoms with E-state index in [9.17, 15) is 14.4 Å². The molecule has 0 saturated carbocycles. The minimum atomic E-state index is -0.738. The first kappa shape index (κ1) is 10.1. The minimum Gasteiger partial charge on any atom is -0.312 e. The van der Waals surface area contributed by atoms with Gasteiger partial charge in [0.05, 0.1) is 0 Å². The molecule has 2 aliphatic rings. The molecule has 2 fully saturated rings. The van der Waals surface area contributed by atoms with Crippen molar-refractivity contribution >= 4 is 17.8 Å². The number of carbonyl (C=O) groups excluding carboxylic acids is 3. The van der Waals surface area contributed by atoms with Gasteiger partial charge in [0.15, 0.2) is 0 Å². The number of likely N-dealkylation sites (N-methyl/N-ethyl adjacent to an activating group) is 1. The van der Waals surface area contributed by atoms with Crippen molar-refractivity contribution in [3.63, 3.8) is 0 Å². The van der Waals surface area contributed by atoms with E-state index >= 15 is 0 Å². The Bertz CT molecular complexity index is 323. The van der Waals surface area contributed by atoms with Gasteiger partial charge >= 0.3 is 17.8 Å². The number of imide groups is 2. The second-order valence-corrected chi connectivity index (χ2v) is 3.86. The van der Waals surface area contributed by atoms with Crippen LogP contribution >= 0.6 is 0 Å². The largest absolute Gasteiger partial charge is 0.334 e. The molecular formula is C9H13N3O3. The van der Waals surface area contributed by atoms with Gasteiger partial charge in [0, 0.05) is 19.6 Å². The molecule has 0 bridgehead atoms. The molecule has 82 valence electrons. The van der Waals surface area contributed by atoms with Crippen LogP contribution in [0.2, 0.25) is 0 Å². The first-order valence-electron chi connectivity index (χ1n) is 4.98. The van der Waals surface area contributed by atoms with Gasteiger partial charge in [-0.15, -0.1) is 0 Å². The molecule has 0 aromatic carbocycles. The van der Waals surface area contributed by atoms with Gasteiger partial charge in [-0.25, -0.2) is 4.79 Å². The third-order valence-electron chi connectivity index (χ3n) is 2.82. The van der Waals surface area contributed by atoms with Crippen molar-refractivity contribution in [1.29, 1.82) is 0 Å². The van der Waals surface area contributed by atoms with Gasteiger partial charge < -0.3 is 5.32 Å². The van der Waals surface area contributed by atoms with E-state index in [0.717, 1.165) is 29.2 Å². The van der Waals surface area contributed by atoms with Gasteiger partial charge in [0.1, 0.15) is 0 Å². The summed E-state index contributed by atoms with van der Waals surface area (Å²) in [5.74, 6) is -1.45. The number of hydrogen-bond donors (Lipinski definition) is 1. The Labute approximate surface area is 87.2 Å². The predicted molar refractivity (Wildman–Crippen MR) is 50.9 cm³/mol. The van der Waals surface area contributed by atoms with E-state index in [-0.39, 0.29) is 6.04 Å². The third-order valence-corrected chi connectivity index (χ3v) is 2.82. The Hall–Kier alpha value is -1.43. The standard InChI is InChI=1S/C9H13N3O3/c1-11-7(13)8(14)12(9(11)15)5-6-3-2-4-10-6/h6,10H,2-5H2,1H3. The number of nitrogens with zero attached hydrogens (tertiary/aromatic N) is 2. The number of amides is 4. The van der Waals surface area contributed by atoms with E-state index < -0.39 is 17.8 Å². The van der Waals surface area contributed by atoms with Crippen LogP contribution in [-0.2, 0) is 9.59 Å². The number of nitrogens with one attached hydrogen (secondary N) is 1. The van der Waals surface area contributed by atoms with E-state index in [1.165, 1.54) is 7.05 Å². The number of urea groups is 1. The van der Waals surface area contributed by atoms with Crippen LogP contribution in [0, 0.1) is 0 Å². The molecule has 2 saturated heterocycles. The maximum Gasteiger partial charge on any atom is 0.334 e. The highest BCUT2D eigenvalue weighted by Gasteiger charge is 2.43. The van der Waals surface area contributed by atoms with Gasteiger partial charge in [0.25, 0.3) is 0 Å². The quantitative estimate of drug-likeness (QED) is 0.477. The van der Waals surface area contributed by atoms with Crippen LogP contribution in [0.5, 0.6) is 0 Å². The summed E-state index contributed by atoms with van der Waals surface area (Å²) in [5.41, 5.74) is 0. The zero-order chi connectivity index (χ0) is 11.0. The third kappa shape index (κ3) is 1.61. The summed E-state index contributed by atoms with van der Waals surface area (Å²) in [7, 11) is 1.32. The highest BCUT2D eigenvalue weighted by atomic mass is 16.2. The van der Waals surface area contributed by atoms with Crippen molar-refractivity contribution in [2.24, 2.45) is 0 Å². The summed E-state index contributed by atoms with van der Waals surface area (Å²) in [6.07, 6.45) is 1.99. The molecule has 6 nitrogen and oxygen atoms in total. The van der Waals surface area contributed by atoms with Gasteiger partial charge in [-0.3, -0.25) is 19.4 Å². The smallest absolute Gasteiger partial charge is 0.312 e. The minimum absolute atomic E-state index is 0.136. The van der Waals surface area contributed by atoms with Crippen LogP contribution in [0.25, 0.3) is 0 Å². The molecule has 2 heterocycles. The van der Waals surface area contributed by atoms with Crippen LogP contribution < -0.4 is 5.32 Å². The number of rotatable bonds is 2. The predicted octanol–water partition coefficient (Wildman–Crippen LogP) is -0.841. The Morgan fingerprint density at radius 2 is 2.07 bits per heavy atom. The summed E-state index contributed by atoms with van der Waals surface area (Å²) in [5, 5.41) is 3.18. The topological polar surface area (TPSA) is 69.7 Å². The molecule has 0 radical (unpaired) electrons. The first-order chi connectivity index (χ1) is 7.11. The van der Waals surface area contributed by atoms with Gasteiger partial charge in [-0.1, -0.05) is 0 Å². The summed E-state index contributed by atoms with van der Waals surface area (Å²) < 4.78 is 0. The lowest BCUT2D eigenvalue weighted by atomic mass is 10.2. The van der Waals surface area contributed by atoms with Crippen molar-refractivity contribution in [2.45, 2.75) is 18.9 Å². The molecule has 1 atom stereocenters. The van der Waals surface area contributed by atoms with E-state index in [1.807, 2.05) is 0 Å². The molecular weight excluding hydrogens is 198 g/mol. The Morgan fingerprint density at radius 3 is 2.53 bits per heavy atom. The lowest BCUT2D eigenvalue weighted by molar-refractivity contribution is -0.142. The highest BCUT2D eigenvalue weighted by molar-refractivity contribution is 6.44. The molecule has 15 heavy (non-hydrogen) atoms. The molecule has 4 amide bonds. The molecule has 2 rings (SSSR count). The Balaban J connectivity index is 2.05. The van der Waals surface area contributed by atoms with Crippen LogP contribution in [0.3, 0.4) is 0 Å². The molecule has 6 heteroatoms. The fraction of sp³-hybridized carbons (Fsp3) is 0.667. The maximum absolute atomic E-state index is 11.5. The zero-order valence-electron chi connectivity index (χ0n) is 8.52. The van der Waals surface area contributed by atoms with Gasteiger partial charge in [-0.2, -0.15) is 0 Å². The second-order valence-electron chi connectivity index (χ2n) is 3.86. The van der Waals surface area contributed by atoms with E-state index in [0.29, 0.717) is 6.54 Å². The van der Waals surface area contributed by atoms with Crippen molar-refractivity contribution in [3.05, 3.63) is 0 Å². The normalized spacial score (nSPS) is 27.0. The lowest BCUT2D eigenvalue weighted by Gasteiger charge is -2.17. The van der Waals surface area contributed by atoms with E-state index in [1.54, 1.807) is 0 Å². The monoisotopic (exact) mass is 211 g/mol. The van der Waals surface area contributed by atoms with E-state index in [4.69, 9.17) is 0 Å². The molecule has 0 aromatic rings. The molecule has 1 unspecified atom stereocenters. The van der Waals surface area contributed by atoms with Crippen molar-refractivity contribution in [3.8, 4) is 0 Å². The van der Waals surface area contributed by atoms with Crippen molar-refractivity contribution < 1.29 is 14.4 Å². The molecule has 1 N–H and O–H groups in total. The fourth-order valence-corrected chi connectivity index (χ4v) is 1.91. The van der Waals surface area contributed by atoms with Crippen LogP contribution in [-0.4, -0.2) is 53.8 Å². The average molecular weight is 211 g/mol. The average Bonchev–Trinajstić information content (AvgIpc) is 2.79. The molecule has 0 aromatic heterocycles. The zero-order valence-corrected chi connectivity index (χ0v) is 8.52.